The van der Waals surface area contributed by atoms with Gasteiger partial charge in [0.05, 0.1) is 34.6 Å². The second kappa shape index (κ2) is 9.58. The molecule has 2 heterocycles. The van der Waals surface area contributed by atoms with Crippen molar-refractivity contribution in [3.05, 3.63) is 47.7 Å². The van der Waals surface area contributed by atoms with Gasteiger partial charge in [0.2, 0.25) is 11.8 Å². The van der Waals surface area contributed by atoms with Crippen LogP contribution in [0.3, 0.4) is 0 Å². The Morgan fingerprint density at radius 3 is 2.45 bits per heavy atom. The van der Waals surface area contributed by atoms with Crippen LogP contribution in [0.2, 0.25) is 5.15 Å². The zero-order valence-corrected chi connectivity index (χ0v) is 21.8. The molecule has 1 aromatic carbocycles. The van der Waals surface area contributed by atoms with E-state index in [1.165, 1.54) is 18.3 Å². The molecule has 0 bridgehead atoms. The maximum absolute atomic E-state index is 13.8. The Kier molecular flexibility index (Phi) is 6.68. The van der Waals surface area contributed by atoms with Gasteiger partial charge in [-0.15, -0.1) is 0 Å². The zero-order valence-electron chi connectivity index (χ0n) is 20.2. The second-order valence-electron chi connectivity index (χ2n) is 10.3. The number of halogens is 3. The van der Waals surface area contributed by atoms with Crippen molar-refractivity contribution in [2.24, 2.45) is 11.8 Å². The monoisotopic (exact) mass is 562 g/mol. The van der Waals surface area contributed by atoms with Crippen LogP contribution in [0.4, 0.5) is 8.78 Å². The van der Waals surface area contributed by atoms with E-state index in [-0.39, 0.29) is 29.4 Å². The van der Waals surface area contributed by atoms with Gasteiger partial charge in [0.15, 0.2) is 9.84 Å². The molecule has 12 heteroatoms. The van der Waals surface area contributed by atoms with E-state index in [0.717, 1.165) is 4.90 Å². The number of amides is 2. The van der Waals surface area contributed by atoms with Gasteiger partial charge in [-0.05, 0) is 61.1 Å². The molecule has 1 aliphatic heterocycles. The molecule has 200 valence electrons. The smallest absolute Gasteiger partial charge is 0.267 e. The first-order chi connectivity index (χ1) is 17.9. The van der Waals surface area contributed by atoms with Crippen molar-refractivity contribution in [3.63, 3.8) is 0 Å². The van der Waals surface area contributed by atoms with E-state index in [0.29, 0.717) is 24.0 Å². The van der Waals surface area contributed by atoms with Crippen LogP contribution in [-0.2, 0) is 19.4 Å². The number of likely N-dealkylation sites (tertiary alicyclic amines) is 1. The van der Waals surface area contributed by atoms with E-state index in [9.17, 15) is 32.0 Å². The van der Waals surface area contributed by atoms with E-state index in [4.69, 9.17) is 11.6 Å². The topological polar surface area (TPSA) is 120 Å². The summed E-state index contributed by atoms with van der Waals surface area (Å²) in [6, 6.07) is 11.6. The highest BCUT2D eigenvalue weighted by atomic mass is 35.5. The number of aromatic nitrogens is 1. The van der Waals surface area contributed by atoms with Gasteiger partial charge in [0.1, 0.15) is 10.7 Å². The number of carbonyl (C=O) groups excluding carboxylic acids is 2. The first-order valence-corrected chi connectivity index (χ1v) is 14.2. The summed E-state index contributed by atoms with van der Waals surface area (Å²) >= 11 is 5.98. The van der Waals surface area contributed by atoms with Gasteiger partial charge in [0, 0.05) is 19.2 Å². The van der Waals surface area contributed by atoms with Crippen LogP contribution in [0.5, 0.6) is 0 Å². The first-order valence-electron chi connectivity index (χ1n) is 12.3. The summed E-state index contributed by atoms with van der Waals surface area (Å²) in [5, 5.41) is 11.2. The average Bonchev–Trinajstić information content (AvgIpc) is 3.33. The molecular formula is C26H25ClF2N4O4S. The van der Waals surface area contributed by atoms with Crippen molar-refractivity contribution in [3.8, 4) is 17.2 Å². The zero-order chi connectivity index (χ0) is 27.3. The van der Waals surface area contributed by atoms with Gasteiger partial charge >= 0.3 is 0 Å². The number of hydrogen-bond donors (Lipinski definition) is 1. The maximum atomic E-state index is 13.8. The lowest BCUT2D eigenvalue weighted by Gasteiger charge is -2.24. The SMILES string of the molecule is N#CC1(NC(=O)[C@@H]2C[C@@H](S(=O)(=O)c3cccc(-c4ccnc(Cl)c4)c3)C[C@H]2C(=O)N2CCC(F)(F)C2)CC1. The molecule has 38 heavy (non-hydrogen) atoms. The van der Waals surface area contributed by atoms with Gasteiger partial charge < -0.3 is 10.2 Å². The van der Waals surface area contributed by atoms with Crippen LogP contribution in [0.15, 0.2) is 47.5 Å². The Hall–Kier alpha value is -3.10. The summed E-state index contributed by atoms with van der Waals surface area (Å²) in [4.78, 5) is 31.5. The number of nitrogens with zero attached hydrogens (tertiary/aromatic N) is 3. The number of nitrogens with one attached hydrogen (secondary N) is 1. The molecule has 3 aliphatic rings. The third kappa shape index (κ3) is 5.12. The summed E-state index contributed by atoms with van der Waals surface area (Å²) in [7, 11) is -4.00. The summed E-state index contributed by atoms with van der Waals surface area (Å²) in [6.45, 7) is -0.917. The van der Waals surface area contributed by atoms with Crippen molar-refractivity contribution >= 4 is 33.3 Å². The third-order valence-corrected chi connectivity index (χ3v) is 10.0. The molecule has 2 amide bonds. The molecule has 2 saturated carbocycles. The van der Waals surface area contributed by atoms with Gasteiger partial charge in [-0.1, -0.05) is 23.7 Å². The Bertz CT molecular complexity index is 1440. The minimum atomic E-state index is -4.00. The van der Waals surface area contributed by atoms with Crippen LogP contribution >= 0.6 is 11.6 Å². The predicted octanol–water partition coefficient (Wildman–Crippen LogP) is 3.61. The Labute approximate surface area is 223 Å². The number of nitriles is 1. The molecule has 3 atom stereocenters. The normalized spacial score (nSPS) is 25.5. The molecule has 1 saturated heterocycles. The van der Waals surface area contributed by atoms with Gasteiger partial charge in [-0.2, -0.15) is 5.26 Å². The molecule has 5 rings (SSSR count). The van der Waals surface area contributed by atoms with Gasteiger partial charge in [0.25, 0.3) is 5.92 Å². The average molecular weight is 563 g/mol. The van der Waals surface area contributed by atoms with Crippen molar-refractivity contribution in [1.29, 1.82) is 5.26 Å². The van der Waals surface area contributed by atoms with Gasteiger partial charge in [-0.3, -0.25) is 9.59 Å². The van der Waals surface area contributed by atoms with Crippen molar-refractivity contribution in [1.82, 2.24) is 15.2 Å². The summed E-state index contributed by atoms with van der Waals surface area (Å²) in [5.41, 5.74) is 0.252. The Morgan fingerprint density at radius 1 is 1.11 bits per heavy atom. The molecule has 1 aromatic heterocycles. The Balaban J connectivity index is 1.43. The van der Waals surface area contributed by atoms with Gasteiger partial charge in [-0.25, -0.2) is 22.2 Å². The fourth-order valence-corrected chi connectivity index (χ4v) is 7.35. The quantitative estimate of drug-likeness (QED) is 0.537. The maximum Gasteiger partial charge on any atom is 0.267 e. The molecular weight excluding hydrogens is 538 g/mol. The molecule has 8 nitrogen and oxygen atoms in total. The van der Waals surface area contributed by atoms with E-state index >= 15 is 0 Å². The lowest BCUT2D eigenvalue weighted by Crippen LogP contribution is -2.45. The number of sulfone groups is 1. The fraction of sp³-hybridized carbons (Fsp3) is 0.462. The minimum Gasteiger partial charge on any atom is -0.338 e. The van der Waals surface area contributed by atoms with Crippen LogP contribution in [0.1, 0.15) is 32.1 Å². The fourth-order valence-electron chi connectivity index (χ4n) is 5.31. The molecule has 0 unspecified atom stereocenters. The van der Waals surface area contributed by atoms with Crippen LogP contribution in [0, 0.1) is 23.2 Å². The number of benzene rings is 1. The lowest BCUT2D eigenvalue weighted by molar-refractivity contribution is -0.141. The van der Waals surface area contributed by atoms with E-state index in [1.54, 1.807) is 24.3 Å². The largest absolute Gasteiger partial charge is 0.338 e. The molecule has 0 spiro atoms. The van der Waals surface area contributed by atoms with E-state index in [1.807, 2.05) is 0 Å². The van der Waals surface area contributed by atoms with Crippen molar-refractivity contribution < 1.29 is 26.8 Å². The molecule has 0 radical (unpaired) electrons. The first kappa shape index (κ1) is 26.5. The second-order valence-corrected chi connectivity index (χ2v) is 12.9. The van der Waals surface area contributed by atoms with Crippen LogP contribution < -0.4 is 5.32 Å². The number of alkyl halides is 2. The molecule has 3 fully saturated rings. The number of carbonyl (C=O) groups is 2. The van der Waals surface area contributed by atoms with Crippen molar-refractivity contribution in [2.45, 2.75) is 53.7 Å². The highest BCUT2D eigenvalue weighted by molar-refractivity contribution is 7.92. The standard InChI is InChI=1S/C26H25ClF2N4O4S/c27-22-11-17(4-8-31-22)16-2-1-3-18(10-16)38(36,37)19-12-20(23(34)32-25(14-30)5-6-25)21(13-19)24(35)33-9-7-26(28,29)15-33/h1-4,8,10-11,19-21H,5-7,9,12-13,15H2,(H,32,34)/t19-,20-,21-/m1/s1. The number of hydrogen-bond acceptors (Lipinski definition) is 6. The van der Waals surface area contributed by atoms with Crippen LogP contribution in [-0.4, -0.2) is 59.9 Å². The third-order valence-electron chi connectivity index (χ3n) is 7.64. The van der Waals surface area contributed by atoms with Crippen molar-refractivity contribution in [2.75, 3.05) is 13.1 Å². The number of pyridine rings is 1. The van der Waals surface area contributed by atoms with E-state index in [2.05, 4.69) is 16.4 Å². The lowest BCUT2D eigenvalue weighted by atomic mass is 9.93. The summed E-state index contributed by atoms with van der Waals surface area (Å²) in [5.74, 6) is -6.40. The minimum absolute atomic E-state index is 0.0172. The Morgan fingerprint density at radius 2 is 1.82 bits per heavy atom. The molecule has 1 N–H and O–H groups in total. The predicted molar refractivity (Wildman–Crippen MR) is 134 cm³/mol. The highest BCUT2D eigenvalue weighted by Crippen LogP contribution is 2.43. The van der Waals surface area contributed by atoms with Crippen LogP contribution in [0.25, 0.3) is 11.1 Å². The number of rotatable bonds is 6. The summed E-state index contributed by atoms with van der Waals surface area (Å²) in [6.07, 6.45) is 1.63. The molecule has 2 aromatic rings. The highest BCUT2D eigenvalue weighted by Gasteiger charge is 2.53. The molecule has 2 aliphatic carbocycles. The summed E-state index contributed by atoms with van der Waals surface area (Å²) < 4.78 is 55.2. The van der Waals surface area contributed by atoms with E-state index < -0.39 is 63.2 Å².